The van der Waals surface area contributed by atoms with Crippen LogP contribution in [-0.4, -0.2) is 74.4 Å². The molecule has 1 aliphatic rings. The molecular formula is C43H48N6O5. The fourth-order valence-electron chi connectivity index (χ4n) is 6.66. The van der Waals surface area contributed by atoms with E-state index in [9.17, 15) is 14.4 Å². The summed E-state index contributed by atoms with van der Waals surface area (Å²) in [6.45, 7) is 7.99. The lowest BCUT2D eigenvalue weighted by molar-refractivity contribution is -0.121. The number of aromatic nitrogens is 1. The van der Waals surface area contributed by atoms with Crippen molar-refractivity contribution in [1.82, 2.24) is 20.5 Å². The van der Waals surface area contributed by atoms with E-state index in [0.717, 1.165) is 71.8 Å². The average molecular weight is 729 g/mol. The number of methoxy groups -OCH3 is 1. The normalized spacial score (nSPS) is 14.2. The van der Waals surface area contributed by atoms with Crippen molar-refractivity contribution in [3.8, 4) is 17.2 Å². The number of ether oxygens (including phenoxy) is 2. The van der Waals surface area contributed by atoms with Crippen LogP contribution in [0.4, 0.5) is 11.4 Å². The van der Waals surface area contributed by atoms with Gasteiger partial charge in [-0.3, -0.25) is 19.5 Å². The van der Waals surface area contributed by atoms with Crippen LogP contribution < -0.4 is 30.3 Å². The highest BCUT2D eigenvalue weighted by molar-refractivity contribution is 6.00. The Bertz CT molecular complexity index is 2080. The number of aryl methyl sites for hydroxylation is 1. The Hall–Kier alpha value is -5.94. The fraction of sp³-hybridized carbons (Fsp3) is 0.302. The number of rotatable bonds is 15. The first-order valence-electron chi connectivity index (χ1n) is 18.4. The number of piperazine rings is 1. The Balaban J connectivity index is 1.05. The lowest BCUT2D eigenvalue weighted by Gasteiger charge is -2.36. The van der Waals surface area contributed by atoms with E-state index < -0.39 is 6.04 Å². The largest absolute Gasteiger partial charge is 0.495 e. The standard InChI is InChI=1S/C43H48N6O5/c1-29-13-17-35(18-14-29)54-40-12-5-8-31-26-32(15-19-36(31)40)42(51)45-30(2)37-10-6-9-33(46-37)28-48-21-23-49(24-22-48)34-16-20-41(53-4)39(27-34)47-38(11-7-25-50)43(52)44-3/h5-6,8-10,12-20,25-27,30,38,47H,7,11,21-24,28H2,1-4H3,(H,44,52)(H,45,51). The van der Waals surface area contributed by atoms with E-state index in [1.165, 1.54) is 5.56 Å². The molecule has 1 saturated heterocycles. The van der Waals surface area contributed by atoms with Gasteiger partial charge in [0.1, 0.15) is 29.6 Å². The number of aldehydes is 1. The molecule has 280 valence electrons. The number of amides is 2. The second kappa shape index (κ2) is 17.7. The van der Waals surface area contributed by atoms with Gasteiger partial charge in [-0.15, -0.1) is 0 Å². The number of carbonyl (C=O) groups excluding carboxylic acids is 3. The van der Waals surface area contributed by atoms with Crippen LogP contribution in [0.3, 0.4) is 0 Å². The third-order valence-corrected chi connectivity index (χ3v) is 9.74. The number of hydrogen-bond acceptors (Lipinski definition) is 9. The SMILES string of the molecule is CNC(=O)C(CCC=O)Nc1cc(N2CCN(Cc3cccc(C(C)NC(=O)c4ccc5c(Oc6ccc(C)cc6)cccc5c4)n3)CC2)ccc1OC. The van der Waals surface area contributed by atoms with Crippen LogP contribution in [0.25, 0.3) is 10.8 Å². The van der Waals surface area contributed by atoms with Crippen LogP contribution in [0.1, 0.15) is 53.1 Å². The van der Waals surface area contributed by atoms with E-state index in [1.54, 1.807) is 14.2 Å². The van der Waals surface area contributed by atoms with Crippen LogP contribution in [0, 0.1) is 6.92 Å². The molecule has 54 heavy (non-hydrogen) atoms. The van der Waals surface area contributed by atoms with Crippen molar-refractivity contribution < 1.29 is 23.9 Å². The number of carbonyl (C=O) groups is 3. The number of anilines is 2. The molecule has 6 rings (SSSR count). The first kappa shape index (κ1) is 37.8. The second-order valence-corrected chi connectivity index (χ2v) is 13.6. The Labute approximate surface area is 316 Å². The molecule has 11 nitrogen and oxygen atoms in total. The van der Waals surface area contributed by atoms with Gasteiger partial charge in [-0.1, -0.05) is 35.9 Å². The third-order valence-electron chi connectivity index (χ3n) is 9.74. The first-order chi connectivity index (χ1) is 26.2. The van der Waals surface area contributed by atoms with E-state index >= 15 is 0 Å². The van der Waals surface area contributed by atoms with Gasteiger partial charge in [0, 0.05) is 62.8 Å². The van der Waals surface area contributed by atoms with Gasteiger partial charge >= 0.3 is 0 Å². The summed E-state index contributed by atoms with van der Waals surface area (Å²) in [6.07, 6.45) is 1.48. The molecule has 11 heteroatoms. The van der Waals surface area contributed by atoms with Gasteiger partial charge in [0.25, 0.3) is 5.91 Å². The molecule has 0 saturated carbocycles. The summed E-state index contributed by atoms with van der Waals surface area (Å²) in [4.78, 5) is 46.5. The highest BCUT2D eigenvalue weighted by atomic mass is 16.5. The maximum Gasteiger partial charge on any atom is 0.251 e. The smallest absolute Gasteiger partial charge is 0.251 e. The Morgan fingerprint density at radius 1 is 0.907 bits per heavy atom. The zero-order valence-electron chi connectivity index (χ0n) is 31.3. The van der Waals surface area contributed by atoms with Crippen LogP contribution in [0.5, 0.6) is 17.2 Å². The van der Waals surface area contributed by atoms with Crippen LogP contribution in [0.2, 0.25) is 0 Å². The highest BCUT2D eigenvalue weighted by Gasteiger charge is 2.22. The van der Waals surface area contributed by atoms with Crippen LogP contribution in [0.15, 0.2) is 97.1 Å². The number of fused-ring (bicyclic) bond motifs is 1. The first-order valence-corrected chi connectivity index (χ1v) is 18.4. The van der Waals surface area contributed by atoms with Gasteiger partial charge in [-0.2, -0.15) is 0 Å². The van der Waals surface area contributed by atoms with E-state index in [-0.39, 0.29) is 24.3 Å². The van der Waals surface area contributed by atoms with Crippen LogP contribution >= 0.6 is 0 Å². The number of benzene rings is 4. The predicted molar refractivity (Wildman–Crippen MR) is 213 cm³/mol. The van der Waals surface area contributed by atoms with Crippen molar-refractivity contribution in [2.75, 3.05) is 50.6 Å². The minimum absolute atomic E-state index is 0.167. The molecule has 1 aromatic heterocycles. The molecule has 0 radical (unpaired) electrons. The molecule has 2 atom stereocenters. The van der Waals surface area contributed by atoms with Gasteiger partial charge in [0.15, 0.2) is 0 Å². The lowest BCUT2D eigenvalue weighted by Crippen LogP contribution is -2.46. The van der Waals surface area contributed by atoms with Gasteiger partial charge in [-0.05, 0) is 92.4 Å². The molecule has 1 fully saturated rings. The summed E-state index contributed by atoms with van der Waals surface area (Å²) < 4.78 is 11.7. The van der Waals surface area contributed by atoms with Crippen molar-refractivity contribution in [1.29, 1.82) is 0 Å². The van der Waals surface area contributed by atoms with Gasteiger partial charge in [-0.25, -0.2) is 0 Å². The summed E-state index contributed by atoms with van der Waals surface area (Å²) in [5, 5.41) is 10.9. The van der Waals surface area contributed by atoms with Crippen molar-refractivity contribution in [2.24, 2.45) is 0 Å². The molecule has 4 aromatic carbocycles. The Kier molecular flexibility index (Phi) is 12.4. The van der Waals surface area contributed by atoms with E-state index in [0.29, 0.717) is 30.0 Å². The molecule has 0 bridgehead atoms. The molecular weight excluding hydrogens is 681 g/mol. The molecule has 3 N–H and O–H groups in total. The van der Waals surface area contributed by atoms with Gasteiger partial charge < -0.3 is 35.1 Å². The average Bonchev–Trinajstić information content (AvgIpc) is 3.20. The van der Waals surface area contributed by atoms with Crippen molar-refractivity contribution in [3.05, 3.63) is 120 Å². The molecule has 0 aliphatic carbocycles. The Morgan fingerprint density at radius 3 is 2.43 bits per heavy atom. The van der Waals surface area contributed by atoms with Crippen LogP contribution in [-0.2, 0) is 16.1 Å². The quantitative estimate of drug-likeness (QED) is 0.102. The number of pyridine rings is 1. The van der Waals surface area contributed by atoms with E-state index in [1.807, 2.05) is 111 Å². The molecule has 1 aliphatic heterocycles. The number of nitrogens with zero attached hydrogens (tertiary/aromatic N) is 3. The number of hydrogen-bond donors (Lipinski definition) is 3. The number of nitrogens with one attached hydrogen (secondary N) is 3. The Morgan fingerprint density at radius 2 is 1.69 bits per heavy atom. The minimum Gasteiger partial charge on any atom is -0.495 e. The zero-order chi connectivity index (χ0) is 38.0. The highest BCUT2D eigenvalue weighted by Crippen LogP contribution is 2.32. The third kappa shape index (κ3) is 9.34. The summed E-state index contributed by atoms with van der Waals surface area (Å²) in [5.74, 6) is 1.78. The monoisotopic (exact) mass is 728 g/mol. The predicted octanol–water partition coefficient (Wildman–Crippen LogP) is 6.66. The van der Waals surface area contributed by atoms with Crippen molar-refractivity contribution >= 4 is 40.2 Å². The van der Waals surface area contributed by atoms with E-state index in [4.69, 9.17) is 14.5 Å². The maximum atomic E-state index is 13.4. The molecule has 0 spiro atoms. The summed E-state index contributed by atoms with van der Waals surface area (Å²) in [5.41, 5.74) is 5.21. The fourth-order valence-corrected chi connectivity index (χ4v) is 6.66. The van der Waals surface area contributed by atoms with Gasteiger partial charge in [0.2, 0.25) is 5.91 Å². The second-order valence-electron chi connectivity index (χ2n) is 13.6. The molecule has 5 aromatic rings. The van der Waals surface area contributed by atoms with Gasteiger partial charge in [0.05, 0.1) is 30.2 Å². The topological polar surface area (TPSA) is 125 Å². The minimum atomic E-state index is -0.557. The van der Waals surface area contributed by atoms with Crippen molar-refractivity contribution in [3.63, 3.8) is 0 Å². The zero-order valence-corrected chi connectivity index (χ0v) is 31.3. The lowest BCUT2D eigenvalue weighted by atomic mass is 10.1. The molecule has 2 heterocycles. The van der Waals surface area contributed by atoms with Crippen molar-refractivity contribution in [2.45, 2.75) is 45.3 Å². The summed E-state index contributed by atoms with van der Waals surface area (Å²) >= 11 is 0. The molecule has 2 unspecified atom stereocenters. The maximum absolute atomic E-state index is 13.4. The summed E-state index contributed by atoms with van der Waals surface area (Å²) in [7, 11) is 3.18. The molecule has 2 amide bonds. The summed E-state index contributed by atoms with van der Waals surface area (Å²) in [6, 6.07) is 30.5. The number of likely N-dealkylation sites (N-methyl/N-ethyl adjacent to an activating group) is 1. The van der Waals surface area contributed by atoms with E-state index in [2.05, 4.69) is 25.8 Å².